The van der Waals surface area contributed by atoms with E-state index in [1.807, 2.05) is 0 Å². The standard InChI is InChI=1S/C10H10N2O5S/c1-7-10(14,18(15,16)17)9(13)12(11-7)8-5-3-2-4-6-8/h2-6,14H,1H3,(H,15,16,17)/p-1. The van der Waals surface area contributed by atoms with E-state index >= 15 is 0 Å². The first-order valence-corrected chi connectivity index (χ1v) is 6.32. The van der Waals surface area contributed by atoms with Crippen molar-refractivity contribution in [2.75, 3.05) is 5.01 Å². The Morgan fingerprint density at radius 2 is 1.89 bits per heavy atom. The van der Waals surface area contributed by atoms with Gasteiger partial charge in [-0.3, -0.25) is 4.79 Å². The summed E-state index contributed by atoms with van der Waals surface area (Å²) in [6, 6.07) is 7.90. The molecule has 1 aliphatic heterocycles. The van der Waals surface area contributed by atoms with Gasteiger partial charge in [0.1, 0.15) is 10.1 Å². The number of hydrogen-bond acceptors (Lipinski definition) is 6. The molecule has 0 fully saturated rings. The van der Waals surface area contributed by atoms with Gasteiger partial charge in [0.25, 0.3) is 10.8 Å². The van der Waals surface area contributed by atoms with Crippen LogP contribution in [0, 0.1) is 0 Å². The van der Waals surface area contributed by atoms with Crippen molar-refractivity contribution in [1.82, 2.24) is 0 Å². The lowest BCUT2D eigenvalue weighted by atomic mass is 10.2. The molecule has 1 unspecified atom stereocenters. The van der Waals surface area contributed by atoms with Crippen LogP contribution in [0.4, 0.5) is 5.69 Å². The van der Waals surface area contributed by atoms with Gasteiger partial charge in [0.2, 0.25) is 0 Å². The van der Waals surface area contributed by atoms with Crippen molar-refractivity contribution >= 4 is 27.4 Å². The van der Waals surface area contributed by atoms with Crippen molar-refractivity contribution in [2.45, 2.75) is 11.9 Å². The maximum atomic E-state index is 11.9. The minimum absolute atomic E-state index is 0.265. The van der Waals surface area contributed by atoms with E-state index in [1.54, 1.807) is 18.2 Å². The van der Waals surface area contributed by atoms with Crippen LogP contribution < -0.4 is 5.01 Å². The second kappa shape index (κ2) is 3.87. The number of carbonyl (C=O) groups is 1. The highest BCUT2D eigenvalue weighted by atomic mass is 32.2. The lowest BCUT2D eigenvalue weighted by Gasteiger charge is -2.24. The monoisotopic (exact) mass is 269 g/mol. The number of hydrogen-bond donors (Lipinski definition) is 1. The summed E-state index contributed by atoms with van der Waals surface area (Å²) in [6.07, 6.45) is 0. The number of aliphatic hydroxyl groups is 1. The Labute approximate surface area is 103 Å². The summed E-state index contributed by atoms with van der Waals surface area (Å²) >= 11 is 0. The highest BCUT2D eigenvalue weighted by Crippen LogP contribution is 2.29. The van der Waals surface area contributed by atoms with Crippen molar-refractivity contribution in [1.29, 1.82) is 0 Å². The van der Waals surface area contributed by atoms with Gasteiger partial charge in [0, 0.05) is 0 Å². The van der Waals surface area contributed by atoms with Crippen LogP contribution >= 0.6 is 0 Å². The Morgan fingerprint density at radius 3 is 2.33 bits per heavy atom. The predicted octanol–water partition coefficient (Wildman–Crippen LogP) is -0.357. The molecule has 1 aliphatic rings. The first-order chi connectivity index (χ1) is 8.28. The van der Waals surface area contributed by atoms with Crippen LogP contribution in [0.2, 0.25) is 0 Å². The van der Waals surface area contributed by atoms with Crippen LogP contribution in [0.15, 0.2) is 35.4 Å². The van der Waals surface area contributed by atoms with E-state index in [4.69, 9.17) is 0 Å². The van der Waals surface area contributed by atoms with Crippen molar-refractivity contribution < 1.29 is 22.9 Å². The van der Waals surface area contributed by atoms with Gasteiger partial charge in [-0.15, -0.1) is 0 Å². The van der Waals surface area contributed by atoms with Crippen LogP contribution in [0.25, 0.3) is 0 Å². The number of amides is 1. The van der Waals surface area contributed by atoms with E-state index < -0.39 is 26.7 Å². The van der Waals surface area contributed by atoms with Crippen LogP contribution in [0.5, 0.6) is 0 Å². The molecule has 7 nitrogen and oxygen atoms in total. The molecule has 1 N–H and O–H groups in total. The molecule has 0 aromatic heterocycles. The van der Waals surface area contributed by atoms with E-state index in [9.17, 15) is 22.9 Å². The van der Waals surface area contributed by atoms with Gasteiger partial charge in [0.15, 0.2) is 0 Å². The van der Waals surface area contributed by atoms with Crippen LogP contribution in [-0.2, 0) is 14.9 Å². The first kappa shape index (κ1) is 12.7. The number of carbonyl (C=O) groups excluding carboxylic acids is 1. The van der Waals surface area contributed by atoms with Gasteiger partial charge < -0.3 is 9.66 Å². The Bertz CT molecular complexity index is 625. The molecular formula is C10H9N2O5S-. The Balaban J connectivity index is 2.52. The number of nitrogens with zero attached hydrogens (tertiary/aromatic N) is 2. The highest BCUT2D eigenvalue weighted by Gasteiger charge is 2.54. The largest absolute Gasteiger partial charge is 0.745 e. The molecule has 0 radical (unpaired) electrons. The normalized spacial score (nSPS) is 24.3. The quantitative estimate of drug-likeness (QED) is 0.737. The SMILES string of the molecule is CC1=NN(c2ccccc2)C(=O)C1(O)S(=O)(=O)[O-]. The molecule has 1 atom stereocenters. The minimum Gasteiger partial charge on any atom is -0.745 e. The topological polar surface area (TPSA) is 110 Å². The molecule has 2 rings (SSSR count). The summed E-state index contributed by atoms with van der Waals surface area (Å²) in [7, 11) is -5.26. The number of rotatable bonds is 2. The van der Waals surface area contributed by atoms with E-state index in [1.165, 1.54) is 12.1 Å². The summed E-state index contributed by atoms with van der Waals surface area (Å²) in [5.41, 5.74) is -0.201. The Kier molecular flexibility index (Phi) is 2.73. The molecule has 1 aromatic carbocycles. The minimum atomic E-state index is -5.26. The number of anilines is 1. The molecule has 1 amide bonds. The average Bonchev–Trinajstić information content (AvgIpc) is 2.55. The van der Waals surface area contributed by atoms with Gasteiger partial charge in [-0.25, -0.2) is 8.42 Å². The fourth-order valence-electron chi connectivity index (χ4n) is 1.59. The van der Waals surface area contributed by atoms with Crippen molar-refractivity contribution in [2.24, 2.45) is 5.10 Å². The van der Waals surface area contributed by atoms with Crippen LogP contribution in [-0.4, -0.2) is 34.6 Å². The van der Waals surface area contributed by atoms with E-state index in [2.05, 4.69) is 5.10 Å². The molecule has 1 heterocycles. The zero-order valence-electron chi connectivity index (χ0n) is 9.27. The zero-order chi connectivity index (χ0) is 13.6. The fourth-order valence-corrected chi connectivity index (χ4v) is 2.30. The van der Waals surface area contributed by atoms with Gasteiger partial charge >= 0.3 is 0 Å². The number of para-hydroxylation sites is 1. The summed E-state index contributed by atoms with van der Waals surface area (Å²) in [5.74, 6) is -1.29. The molecule has 0 spiro atoms. The summed E-state index contributed by atoms with van der Waals surface area (Å²) in [5, 5.41) is 14.1. The van der Waals surface area contributed by atoms with Crippen molar-refractivity contribution in [3.05, 3.63) is 30.3 Å². The maximum absolute atomic E-state index is 11.9. The Hall–Kier alpha value is -1.77. The van der Waals surface area contributed by atoms with Gasteiger partial charge in [-0.05, 0) is 19.1 Å². The average molecular weight is 269 g/mol. The molecule has 0 saturated heterocycles. The Morgan fingerprint density at radius 1 is 1.33 bits per heavy atom. The summed E-state index contributed by atoms with van der Waals surface area (Å²) in [6.45, 7) is 1.11. The van der Waals surface area contributed by atoms with Gasteiger partial charge in [-0.1, -0.05) is 18.2 Å². The third kappa shape index (κ3) is 1.62. The van der Waals surface area contributed by atoms with E-state index in [0.29, 0.717) is 5.01 Å². The smallest absolute Gasteiger partial charge is 0.300 e. The predicted molar refractivity (Wildman–Crippen MR) is 61.7 cm³/mol. The third-order valence-corrected chi connectivity index (χ3v) is 3.78. The first-order valence-electron chi connectivity index (χ1n) is 4.91. The van der Waals surface area contributed by atoms with Gasteiger partial charge in [-0.2, -0.15) is 10.1 Å². The fraction of sp³-hybridized carbons (Fsp3) is 0.200. The molecule has 0 saturated carbocycles. The number of benzene rings is 1. The third-order valence-electron chi connectivity index (χ3n) is 2.59. The van der Waals surface area contributed by atoms with Crippen LogP contribution in [0.3, 0.4) is 0 Å². The molecule has 1 aromatic rings. The van der Waals surface area contributed by atoms with Crippen molar-refractivity contribution in [3.8, 4) is 0 Å². The molecule has 0 aliphatic carbocycles. The van der Waals surface area contributed by atoms with Crippen LogP contribution in [0.1, 0.15) is 6.92 Å². The lowest BCUT2D eigenvalue weighted by Crippen LogP contribution is -2.52. The molecule has 18 heavy (non-hydrogen) atoms. The molecule has 96 valence electrons. The molecule has 8 heteroatoms. The molecule has 0 bridgehead atoms. The van der Waals surface area contributed by atoms with Crippen molar-refractivity contribution in [3.63, 3.8) is 0 Å². The number of hydrazone groups is 1. The second-order valence-corrected chi connectivity index (χ2v) is 5.24. The van der Waals surface area contributed by atoms with E-state index in [0.717, 1.165) is 6.92 Å². The second-order valence-electron chi connectivity index (χ2n) is 3.74. The maximum Gasteiger partial charge on any atom is 0.300 e. The molecular weight excluding hydrogens is 260 g/mol. The van der Waals surface area contributed by atoms with Gasteiger partial charge in [0.05, 0.1) is 11.4 Å². The van der Waals surface area contributed by atoms with E-state index in [-0.39, 0.29) is 5.69 Å². The zero-order valence-corrected chi connectivity index (χ0v) is 10.1. The lowest BCUT2D eigenvalue weighted by molar-refractivity contribution is -0.125. The highest BCUT2D eigenvalue weighted by molar-refractivity contribution is 7.88. The summed E-state index contributed by atoms with van der Waals surface area (Å²) < 4.78 is 33.1. The summed E-state index contributed by atoms with van der Waals surface area (Å²) in [4.78, 5) is 8.74.